The van der Waals surface area contributed by atoms with Crippen molar-refractivity contribution in [2.45, 2.75) is 0 Å². The standard InChI is InChI=1S/C8H6BrFN2/c1-12-3-2-5-7(10)6(9)4-11-8(5)12/h2-4H,1H3. The summed E-state index contributed by atoms with van der Waals surface area (Å²) < 4.78 is 15.5. The molecule has 0 aliphatic heterocycles. The van der Waals surface area contributed by atoms with Crippen LogP contribution in [0.15, 0.2) is 22.9 Å². The minimum atomic E-state index is -0.249. The largest absolute Gasteiger partial charge is 0.335 e. The molecule has 62 valence electrons. The van der Waals surface area contributed by atoms with Crippen molar-refractivity contribution < 1.29 is 4.39 Å². The van der Waals surface area contributed by atoms with Gasteiger partial charge in [0.05, 0.1) is 9.86 Å². The van der Waals surface area contributed by atoms with Gasteiger partial charge in [-0.2, -0.15) is 0 Å². The van der Waals surface area contributed by atoms with E-state index in [0.29, 0.717) is 15.5 Å². The van der Waals surface area contributed by atoms with E-state index in [-0.39, 0.29) is 5.82 Å². The highest BCUT2D eigenvalue weighted by atomic mass is 79.9. The van der Waals surface area contributed by atoms with Gasteiger partial charge in [-0.25, -0.2) is 9.37 Å². The van der Waals surface area contributed by atoms with E-state index >= 15 is 0 Å². The Morgan fingerprint density at radius 2 is 2.33 bits per heavy atom. The van der Waals surface area contributed by atoms with Crippen molar-refractivity contribution >= 4 is 27.0 Å². The topological polar surface area (TPSA) is 17.8 Å². The number of hydrogen-bond donors (Lipinski definition) is 0. The van der Waals surface area contributed by atoms with Gasteiger partial charge in [0.15, 0.2) is 0 Å². The fourth-order valence-electron chi connectivity index (χ4n) is 1.16. The predicted octanol–water partition coefficient (Wildman–Crippen LogP) is 2.47. The maximum absolute atomic E-state index is 13.3. The molecular formula is C8H6BrFN2. The Labute approximate surface area is 77.1 Å². The highest BCUT2D eigenvalue weighted by molar-refractivity contribution is 9.10. The van der Waals surface area contributed by atoms with E-state index in [1.54, 1.807) is 16.8 Å². The Kier molecular flexibility index (Phi) is 1.65. The summed E-state index contributed by atoms with van der Waals surface area (Å²) in [5.41, 5.74) is 0.663. The molecule has 0 spiro atoms. The number of hydrogen-bond acceptors (Lipinski definition) is 1. The predicted molar refractivity (Wildman–Crippen MR) is 48.4 cm³/mol. The van der Waals surface area contributed by atoms with Crippen LogP contribution in [0.5, 0.6) is 0 Å². The van der Waals surface area contributed by atoms with E-state index < -0.39 is 0 Å². The SMILES string of the molecule is Cn1ccc2c(F)c(Br)cnc21. The van der Waals surface area contributed by atoms with Crippen molar-refractivity contribution in [3.05, 3.63) is 28.7 Å². The van der Waals surface area contributed by atoms with Crippen LogP contribution in [0.1, 0.15) is 0 Å². The molecule has 0 atom stereocenters. The molecule has 2 rings (SSSR count). The number of aryl methyl sites for hydroxylation is 1. The minimum Gasteiger partial charge on any atom is -0.335 e. The number of rotatable bonds is 0. The zero-order valence-electron chi connectivity index (χ0n) is 6.38. The van der Waals surface area contributed by atoms with Crippen LogP contribution >= 0.6 is 15.9 Å². The van der Waals surface area contributed by atoms with Gasteiger partial charge in [-0.3, -0.25) is 0 Å². The third-order valence-corrected chi connectivity index (χ3v) is 2.34. The molecule has 2 heterocycles. The van der Waals surface area contributed by atoms with E-state index in [1.165, 1.54) is 6.20 Å². The van der Waals surface area contributed by atoms with Crippen LogP contribution in [-0.2, 0) is 7.05 Å². The highest BCUT2D eigenvalue weighted by Crippen LogP contribution is 2.22. The Morgan fingerprint density at radius 1 is 1.58 bits per heavy atom. The molecule has 2 aromatic rings. The summed E-state index contributed by atoms with van der Waals surface area (Å²) in [6, 6.07) is 1.71. The molecule has 0 aromatic carbocycles. The summed E-state index contributed by atoms with van der Waals surface area (Å²) in [6.45, 7) is 0. The molecule has 12 heavy (non-hydrogen) atoms. The van der Waals surface area contributed by atoms with Gasteiger partial charge in [0.1, 0.15) is 11.5 Å². The molecule has 0 aliphatic carbocycles. The summed E-state index contributed by atoms with van der Waals surface area (Å²) in [5.74, 6) is -0.249. The smallest absolute Gasteiger partial charge is 0.149 e. The van der Waals surface area contributed by atoms with Crippen LogP contribution in [0, 0.1) is 5.82 Å². The van der Waals surface area contributed by atoms with Crippen LogP contribution in [0.25, 0.3) is 11.0 Å². The van der Waals surface area contributed by atoms with E-state index in [4.69, 9.17) is 0 Å². The fourth-order valence-corrected chi connectivity index (χ4v) is 1.47. The summed E-state index contributed by atoms with van der Waals surface area (Å²) in [7, 11) is 1.84. The Morgan fingerprint density at radius 3 is 3.08 bits per heavy atom. The van der Waals surface area contributed by atoms with Crippen LogP contribution in [0.2, 0.25) is 0 Å². The van der Waals surface area contributed by atoms with Crippen molar-refractivity contribution in [2.75, 3.05) is 0 Å². The Hall–Kier alpha value is -0.900. The lowest BCUT2D eigenvalue weighted by Crippen LogP contribution is -1.89. The van der Waals surface area contributed by atoms with Crippen molar-refractivity contribution in [1.29, 1.82) is 0 Å². The second-order valence-corrected chi connectivity index (χ2v) is 3.44. The van der Waals surface area contributed by atoms with Crippen molar-refractivity contribution in [3.63, 3.8) is 0 Å². The Bertz CT molecular complexity index is 436. The molecule has 0 radical (unpaired) electrons. The third kappa shape index (κ3) is 0.948. The van der Waals surface area contributed by atoms with Crippen molar-refractivity contribution in [1.82, 2.24) is 9.55 Å². The molecule has 2 aromatic heterocycles. The quantitative estimate of drug-likeness (QED) is 0.678. The van der Waals surface area contributed by atoms with Crippen LogP contribution in [0.3, 0.4) is 0 Å². The first-order valence-electron chi connectivity index (χ1n) is 3.45. The number of halogens is 2. The van der Waals surface area contributed by atoms with Crippen molar-refractivity contribution in [3.8, 4) is 0 Å². The van der Waals surface area contributed by atoms with E-state index in [1.807, 2.05) is 7.05 Å². The van der Waals surface area contributed by atoms with Gasteiger partial charge in [-0.1, -0.05) is 0 Å². The summed E-state index contributed by atoms with van der Waals surface area (Å²) in [6.07, 6.45) is 3.25. The number of aromatic nitrogens is 2. The monoisotopic (exact) mass is 228 g/mol. The third-order valence-electron chi connectivity index (χ3n) is 1.79. The maximum Gasteiger partial charge on any atom is 0.149 e. The first kappa shape index (κ1) is 7.73. The molecule has 0 aliphatic rings. The Balaban J connectivity index is 2.93. The number of fused-ring (bicyclic) bond motifs is 1. The number of pyridine rings is 1. The van der Waals surface area contributed by atoms with Gasteiger partial charge >= 0.3 is 0 Å². The molecule has 0 saturated heterocycles. The zero-order chi connectivity index (χ0) is 8.72. The first-order valence-corrected chi connectivity index (χ1v) is 4.24. The second kappa shape index (κ2) is 2.55. The van der Waals surface area contributed by atoms with Gasteiger partial charge in [-0.15, -0.1) is 0 Å². The fraction of sp³-hybridized carbons (Fsp3) is 0.125. The number of nitrogens with zero attached hydrogens (tertiary/aromatic N) is 2. The molecule has 0 unspecified atom stereocenters. The van der Waals surface area contributed by atoms with E-state index in [0.717, 1.165) is 0 Å². The van der Waals surface area contributed by atoms with Gasteiger partial charge in [0, 0.05) is 19.4 Å². The average Bonchev–Trinajstić information content (AvgIpc) is 2.41. The normalized spacial score (nSPS) is 10.9. The van der Waals surface area contributed by atoms with Gasteiger partial charge in [0.2, 0.25) is 0 Å². The lowest BCUT2D eigenvalue weighted by atomic mass is 10.3. The molecule has 0 saturated carbocycles. The summed E-state index contributed by atoms with van der Waals surface area (Å²) in [4.78, 5) is 4.08. The van der Waals surface area contributed by atoms with E-state index in [2.05, 4.69) is 20.9 Å². The summed E-state index contributed by atoms with van der Waals surface area (Å²) in [5, 5.41) is 0.548. The average molecular weight is 229 g/mol. The molecule has 0 bridgehead atoms. The molecule has 4 heteroatoms. The maximum atomic E-state index is 13.3. The zero-order valence-corrected chi connectivity index (χ0v) is 7.97. The lowest BCUT2D eigenvalue weighted by molar-refractivity contribution is 0.631. The summed E-state index contributed by atoms with van der Waals surface area (Å²) >= 11 is 3.08. The molecule has 0 fully saturated rings. The van der Waals surface area contributed by atoms with Crippen LogP contribution in [-0.4, -0.2) is 9.55 Å². The first-order chi connectivity index (χ1) is 5.70. The van der Waals surface area contributed by atoms with Gasteiger partial charge in [-0.05, 0) is 22.0 Å². The highest BCUT2D eigenvalue weighted by Gasteiger charge is 2.07. The second-order valence-electron chi connectivity index (χ2n) is 2.58. The van der Waals surface area contributed by atoms with E-state index in [9.17, 15) is 4.39 Å². The van der Waals surface area contributed by atoms with Crippen LogP contribution in [0.4, 0.5) is 4.39 Å². The lowest BCUT2D eigenvalue weighted by Gasteiger charge is -1.96. The van der Waals surface area contributed by atoms with Gasteiger partial charge in [0.25, 0.3) is 0 Å². The van der Waals surface area contributed by atoms with Crippen LogP contribution < -0.4 is 0 Å². The molecule has 0 amide bonds. The molecular weight excluding hydrogens is 223 g/mol. The van der Waals surface area contributed by atoms with Crippen molar-refractivity contribution in [2.24, 2.45) is 7.05 Å². The van der Waals surface area contributed by atoms with Gasteiger partial charge < -0.3 is 4.57 Å². The minimum absolute atomic E-state index is 0.249. The molecule has 0 N–H and O–H groups in total. The molecule has 2 nitrogen and oxygen atoms in total.